The van der Waals surface area contributed by atoms with Crippen LogP contribution in [0.5, 0.6) is 0 Å². The first-order chi connectivity index (χ1) is 63.1. The van der Waals surface area contributed by atoms with Crippen molar-refractivity contribution < 1.29 is 22.8 Å². The summed E-state index contributed by atoms with van der Waals surface area (Å²) in [6, 6.07) is 85.9. The van der Waals surface area contributed by atoms with E-state index in [9.17, 15) is 0 Å². The molecule has 10 aromatic heterocycles. The zero-order valence-corrected chi connectivity index (χ0v) is 79.8. The maximum Gasteiger partial charge on any atom is 0.212 e. The first-order valence-corrected chi connectivity index (χ1v) is 46.9. The highest BCUT2D eigenvalue weighted by Gasteiger charge is 2.31. The monoisotopic (exact) mass is 1720 g/mol. The third-order valence-electron chi connectivity index (χ3n) is 28.0. The van der Waals surface area contributed by atoms with Crippen LogP contribution in [-0.4, -0.2) is 24.9 Å². The lowest BCUT2D eigenvalue weighted by atomic mass is 9.71. The summed E-state index contributed by atoms with van der Waals surface area (Å²) in [5.74, 6) is 1.41. The van der Waals surface area contributed by atoms with Crippen molar-refractivity contribution in [3.63, 3.8) is 0 Å². The first-order valence-electron chi connectivity index (χ1n) is 46.9. The minimum absolute atomic E-state index is 0.274. The van der Waals surface area contributed by atoms with Gasteiger partial charge in [-0.05, 0) is 266 Å². The molecule has 10 aromatic carbocycles. The van der Waals surface area contributed by atoms with Crippen LogP contribution in [-0.2, 0) is 41.7 Å². The van der Waals surface area contributed by atoms with E-state index in [0.717, 1.165) is 39.9 Å². The molecule has 0 unspecified atom stereocenters. The van der Waals surface area contributed by atoms with Crippen LogP contribution >= 0.6 is 0 Å². The summed E-state index contributed by atoms with van der Waals surface area (Å²) < 4.78 is 11.1. The topological polar surface area (TPSA) is 83.8 Å². The van der Waals surface area contributed by atoms with Gasteiger partial charge in [-0.1, -0.05) is 169 Å². The molecule has 2 saturated carbocycles. The average Bonchev–Trinajstić information content (AvgIpc) is 1.39. The van der Waals surface area contributed by atoms with E-state index >= 15 is 0 Å². The highest BCUT2D eigenvalue weighted by molar-refractivity contribution is 6.11. The molecule has 0 saturated heterocycles. The summed E-state index contributed by atoms with van der Waals surface area (Å²) in [7, 11) is 10.7. The van der Waals surface area contributed by atoms with Crippen molar-refractivity contribution in [2.24, 2.45) is 46.1 Å². The van der Waals surface area contributed by atoms with Gasteiger partial charge in [-0.3, -0.25) is 24.9 Å². The van der Waals surface area contributed by atoms with Gasteiger partial charge >= 0.3 is 0 Å². The summed E-state index contributed by atoms with van der Waals surface area (Å²) in [5.41, 5.74) is 33.4. The van der Waals surface area contributed by atoms with Crippen molar-refractivity contribution in [2.45, 2.75) is 160 Å². The van der Waals surface area contributed by atoms with E-state index in [-0.39, 0.29) is 5.41 Å². The fourth-order valence-electron chi connectivity index (χ4n) is 20.3. The SMILES string of the molecule is Cc1cc(-c2cc3c(cc2C)ncc2ccccc23)[n+](C)cc1C.Cc1cc2ncc3ccccc3c2cc1-c1cc(C2CCC(C)(C)CC2)cc[n+]1C.Cc1cc2ncc3ccccc3c2cc1-c1cc(C2CCCC2)cc[n+]1C.Cc1cc2ncc3ccccc3c2cc1-c1cc(CC(C)(C)C)cc[n+]1C.Cc1cc[n+](C)c(-c2cc3c(cc2C)ncc2ccccc23)c1. The van der Waals surface area contributed by atoms with Gasteiger partial charge in [-0.15, -0.1) is 0 Å². The summed E-state index contributed by atoms with van der Waals surface area (Å²) in [6.45, 7) is 29.1. The van der Waals surface area contributed by atoms with Gasteiger partial charge in [0, 0.05) is 173 Å². The van der Waals surface area contributed by atoms with Crippen LogP contribution in [0.3, 0.4) is 0 Å². The number of hydrogen-bond acceptors (Lipinski definition) is 5. The Balaban J connectivity index is 0.000000110. The molecular weight excluding hydrogens is 1590 g/mol. The fraction of sp³-hybridized carbons (Fsp3) is 0.256. The highest BCUT2D eigenvalue weighted by Crippen LogP contribution is 2.45. The summed E-state index contributed by atoms with van der Waals surface area (Å²) in [5, 5.41) is 18.4. The number of aryl methyl sites for hydroxylation is 13. The summed E-state index contributed by atoms with van der Waals surface area (Å²) in [6.07, 6.45) is 32.6. The van der Waals surface area contributed by atoms with E-state index in [2.05, 4.69) is 431 Å². The normalized spacial score (nSPS) is 13.5. The molecule has 0 atom stereocenters. The van der Waals surface area contributed by atoms with Gasteiger partial charge in [0.05, 0.1) is 27.6 Å². The van der Waals surface area contributed by atoms with Crippen molar-refractivity contribution in [3.05, 3.63) is 360 Å². The molecule has 20 aromatic rings. The van der Waals surface area contributed by atoms with Crippen molar-refractivity contribution in [2.75, 3.05) is 0 Å². The second kappa shape index (κ2) is 36.7. The average molecular weight is 1720 g/mol. The molecule has 0 N–H and O–H groups in total. The third-order valence-corrected chi connectivity index (χ3v) is 28.0. The molecule has 10 nitrogen and oxygen atoms in total. The molecule has 0 amide bonds. The number of hydrogen-bond donors (Lipinski definition) is 0. The molecule has 0 bridgehead atoms. The van der Waals surface area contributed by atoms with E-state index in [1.165, 1.54) is 250 Å². The molecule has 0 spiro atoms. The maximum absolute atomic E-state index is 4.73. The van der Waals surface area contributed by atoms with Crippen molar-refractivity contribution in [1.82, 2.24) is 24.9 Å². The molecule has 2 aliphatic carbocycles. The Labute approximate surface area is 772 Å². The Kier molecular flexibility index (Phi) is 24.6. The first kappa shape index (κ1) is 88.0. The number of pyridine rings is 10. The fourth-order valence-corrected chi connectivity index (χ4v) is 20.3. The lowest BCUT2D eigenvalue weighted by Crippen LogP contribution is -2.31. The third kappa shape index (κ3) is 18.5. The van der Waals surface area contributed by atoms with Crippen molar-refractivity contribution in [3.8, 4) is 56.3 Å². The zero-order valence-electron chi connectivity index (χ0n) is 79.8. The molecule has 0 radical (unpaired) electrons. The molecule has 652 valence electrons. The number of benzene rings is 10. The minimum atomic E-state index is 0.274. The minimum Gasteiger partial charge on any atom is -0.256 e. The van der Waals surface area contributed by atoms with Gasteiger partial charge in [0.2, 0.25) is 28.5 Å². The smallest absolute Gasteiger partial charge is 0.212 e. The van der Waals surface area contributed by atoms with Crippen LogP contribution in [0.15, 0.2) is 299 Å². The van der Waals surface area contributed by atoms with Gasteiger partial charge in [-0.25, -0.2) is 22.8 Å². The predicted molar refractivity (Wildman–Crippen MR) is 547 cm³/mol. The second-order valence-electron chi connectivity index (χ2n) is 39.6. The van der Waals surface area contributed by atoms with Gasteiger partial charge < -0.3 is 0 Å². The Hall–Kier alpha value is -13.7. The van der Waals surface area contributed by atoms with Crippen LogP contribution in [0.1, 0.15) is 159 Å². The standard InChI is InChI=1S/C28H31N2.C25H25N2.C25H27N2.C22H21N2.C21H19N2/c1-19-15-26-25(23-8-6-5-7-22(23)18-29-26)17-24(19)27-16-21(11-14-30(27)4)20-9-12-28(2,3)13-10-20;1-17-13-24-23(21-10-6-5-9-20(21)16-26-24)15-22(17)25-14-19(11-12-27(25)2)18-7-3-4-8-18;1-17-12-23-22(20-9-7-6-8-19(20)16-26-23)14-21(17)24-13-18(10-11-27(24)5)15-25(2,3)4;1-14-10-22(24(4)13-16(14)3)19-11-20-18-8-6-5-7-17(18)12-23-21(20)9-15(19)2;1-14-8-9-23(3)21(10-14)18-12-19-17-7-5-4-6-16(17)13-22-20(19)11-15(18)2/h5-8,11,14-18,20H,9-10,12-13H2,1-4H3;5-6,9-16,18H,3-4,7-8H2,1-2H3;6-14,16H,15H2,1-5H3;5-13H,1-4H3;4-13H,1-3H3/q5*+1. The number of nitrogens with zero attached hydrogens (tertiary/aromatic N) is 10. The summed E-state index contributed by atoms with van der Waals surface area (Å²) in [4.78, 5) is 23.4. The molecular formula is C121H123N10+5. The molecule has 2 fully saturated rings. The largest absolute Gasteiger partial charge is 0.256 e. The van der Waals surface area contributed by atoms with Crippen LogP contribution in [0.25, 0.3) is 165 Å². The molecule has 10 heterocycles. The predicted octanol–water partition coefficient (Wildman–Crippen LogP) is 27.8. The van der Waals surface area contributed by atoms with Gasteiger partial charge in [0.25, 0.3) is 0 Å². The zero-order chi connectivity index (χ0) is 91.3. The lowest BCUT2D eigenvalue weighted by Gasteiger charge is -2.34. The van der Waals surface area contributed by atoms with Crippen LogP contribution in [0, 0.1) is 66.2 Å². The molecule has 22 rings (SSSR count). The van der Waals surface area contributed by atoms with Crippen molar-refractivity contribution in [1.29, 1.82) is 0 Å². The lowest BCUT2D eigenvalue weighted by molar-refractivity contribution is -0.660. The number of rotatable bonds is 8. The van der Waals surface area contributed by atoms with Gasteiger partial charge in [-0.2, -0.15) is 0 Å². The Morgan fingerprint density at radius 2 is 0.580 bits per heavy atom. The molecule has 10 heteroatoms. The van der Waals surface area contributed by atoms with Crippen LogP contribution in [0.4, 0.5) is 0 Å². The maximum atomic E-state index is 4.73. The number of aromatic nitrogens is 10. The van der Waals surface area contributed by atoms with Gasteiger partial charge in [0.1, 0.15) is 35.2 Å². The van der Waals surface area contributed by atoms with E-state index in [1.807, 2.05) is 31.0 Å². The molecule has 131 heavy (non-hydrogen) atoms. The quantitative estimate of drug-likeness (QED) is 0.112. The highest BCUT2D eigenvalue weighted by atomic mass is 14.9. The van der Waals surface area contributed by atoms with Crippen molar-refractivity contribution >= 4 is 108 Å². The summed E-state index contributed by atoms with van der Waals surface area (Å²) >= 11 is 0. The Morgan fingerprint density at radius 3 is 0.916 bits per heavy atom. The van der Waals surface area contributed by atoms with E-state index in [0.29, 0.717) is 11.3 Å². The van der Waals surface area contributed by atoms with Crippen LogP contribution < -0.4 is 22.8 Å². The molecule has 0 aliphatic heterocycles. The van der Waals surface area contributed by atoms with Crippen LogP contribution in [0.2, 0.25) is 0 Å². The van der Waals surface area contributed by atoms with E-state index < -0.39 is 0 Å². The number of fused-ring (bicyclic) bond motifs is 15. The van der Waals surface area contributed by atoms with E-state index in [1.54, 1.807) is 0 Å². The second-order valence-corrected chi connectivity index (χ2v) is 39.6. The Morgan fingerprint density at radius 1 is 0.290 bits per heavy atom. The molecule has 2 aliphatic rings. The van der Waals surface area contributed by atoms with Gasteiger partial charge in [0.15, 0.2) is 31.0 Å². The van der Waals surface area contributed by atoms with E-state index in [4.69, 9.17) is 9.97 Å². The Bertz CT molecular complexity index is 7830.